The minimum absolute atomic E-state index is 0.0181. The molecule has 1 aliphatic rings. The van der Waals surface area contributed by atoms with Gasteiger partial charge in [-0.2, -0.15) is 0 Å². The Labute approximate surface area is 172 Å². The summed E-state index contributed by atoms with van der Waals surface area (Å²) in [4.78, 5) is 11.6. The van der Waals surface area contributed by atoms with Gasteiger partial charge in [0.15, 0.2) is 0 Å². The Balaban J connectivity index is 1.99. The number of primary sulfonamides is 1. The fraction of sp³-hybridized carbons (Fsp3) is 0.864. The Bertz CT molecular complexity index is 557. The molecule has 0 bridgehead atoms. The normalized spacial score (nSPS) is 18.3. The van der Waals surface area contributed by atoms with Gasteiger partial charge in [0.1, 0.15) is 6.10 Å². The molecule has 0 amide bonds. The second-order valence-electron chi connectivity index (χ2n) is 8.09. The summed E-state index contributed by atoms with van der Waals surface area (Å²) in [6, 6.07) is 0. The van der Waals surface area contributed by atoms with Gasteiger partial charge in [0.05, 0.1) is 11.3 Å². The molecule has 2 N–H and O–H groups in total. The molecule has 0 aromatic heterocycles. The number of unbranched alkanes of at least 4 members (excludes halogenated alkanes) is 13. The van der Waals surface area contributed by atoms with Crippen molar-refractivity contribution in [1.82, 2.24) is 0 Å². The largest absolute Gasteiger partial charge is 0.454 e. The van der Waals surface area contributed by atoms with Crippen LogP contribution in [-0.2, 0) is 19.6 Å². The highest BCUT2D eigenvalue weighted by Gasteiger charge is 2.34. The minimum Gasteiger partial charge on any atom is -0.454 e. The van der Waals surface area contributed by atoms with Crippen molar-refractivity contribution >= 4 is 16.0 Å². The van der Waals surface area contributed by atoms with Crippen LogP contribution >= 0.6 is 0 Å². The molecule has 1 aliphatic heterocycles. The molecule has 1 unspecified atom stereocenters. The highest BCUT2D eigenvalue weighted by atomic mass is 32.2. The van der Waals surface area contributed by atoms with E-state index in [0.717, 1.165) is 37.7 Å². The smallest absolute Gasteiger partial charge is 0.338 e. The Morgan fingerprint density at radius 2 is 1.39 bits per heavy atom. The van der Waals surface area contributed by atoms with E-state index in [1.807, 2.05) is 6.08 Å². The zero-order valence-electron chi connectivity index (χ0n) is 17.8. The van der Waals surface area contributed by atoms with Crippen molar-refractivity contribution in [3.63, 3.8) is 0 Å². The van der Waals surface area contributed by atoms with Crippen molar-refractivity contribution in [1.29, 1.82) is 0 Å². The summed E-state index contributed by atoms with van der Waals surface area (Å²) in [7, 11) is -3.35. The minimum atomic E-state index is -3.35. The lowest BCUT2D eigenvalue weighted by Crippen LogP contribution is -2.36. The Morgan fingerprint density at radius 1 is 0.857 bits per heavy atom. The van der Waals surface area contributed by atoms with Gasteiger partial charge in [-0.05, 0) is 32.1 Å². The predicted octanol–water partition coefficient (Wildman–Crippen LogP) is 5.39. The molecule has 164 valence electrons. The Kier molecular flexibility index (Phi) is 13.5. The van der Waals surface area contributed by atoms with Crippen LogP contribution in [0, 0.1) is 0 Å². The van der Waals surface area contributed by atoms with Gasteiger partial charge in [-0.25, -0.2) is 18.4 Å². The zero-order chi connectivity index (χ0) is 20.7. The highest BCUT2D eigenvalue weighted by Crippen LogP contribution is 2.27. The van der Waals surface area contributed by atoms with Crippen molar-refractivity contribution in [2.45, 2.75) is 116 Å². The van der Waals surface area contributed by atoms with Gasteiger partial charge in [0.25, 0.3) is 0 Å². The molecule has 6 heteroatoms. The number of sulfonamides is 1. The topological polar surface area (TPSA) is 86.5 Å². The quantitative estimate of drug-likeness (QED) is 0.185. The number of nitrogens with two attached hydrogens (primary N) is 1. The van der Waals surface area contributed by atoms with Crippen molar-refractivity contribution in [3.8, 4) is 0 Å². The van der Waals surface area contributed by atoms with E-state index in [-0.39, 0.29) is 17.8 Å². The molecule has 0 aliphatic carbocycles. The average Bonchev–Trinajstić information content (AvgIpc) is 2.63. The summed E-state index contributed by atoms with van der Waals surface area (Å²) in [5.74, 6) is -0.148. The van der Waals surface area contributed by atoms with Crippen molar-refractivity contribution in [2.75, 3.05) is 5.75 Å². The first kappa shape index (κ1) is 25.2. The van der Waals surface area contributed by atoms with Gasteiger partial charge in [0.2, 0.25) is 10.0 Å². The second kappa shape index (κ2) is 15.0. The fourth-order valence-electron chi connectivity index (χ4n) is 3.64. The van der Waals surface area contributed by atoms with Crippen LogP contribution in [-0.4, -0.2) is 26.2 Å². The lowest BCUT2D eigenvalue weighted by molar-refractivity contribution is -0.156. The second-order valence-corrected chi connectivity index (χ2v) is 9.83. The van der Waals surface area contributed by atoms with E-state index in [2.05, 4.69) is 6.92 Å². The fourth-order valence-corrected chi connectivity index (χ4v) is 4.25. The van der Waals surface area contributed by atoms with Crippen LogP contribution in [0.5, 0.6) is 0 Å². The van der Waals surface area contributed by atoms with Gasteiger partial charge in [-0.1, -0.05) is 83.6 Å². The summed E-state index contributed by atoms with van der Waals surface area (Å²) in [5.41, 5.74) is 0.818. The molecule has 1 rings (SSSR count). The maximum absolute atomic E-state index is 11.6. The molecule has 5 nitrogen and oxygen atoms in total. The average molecular weight is 416 g/mol. The molecule has 0 radical (unpaired) electrons. The van der Waals surface area contributed by atoms with Gasteiger partial charge in [-0.15, -0.1) is 0 Å². The number of esters is 1. The van der Waals surface area contributed by atoms with E-state index in [1.54, 1.807) is 0 Å². The van der Waals surface area contributed by atoms with E-state index < -0.39 is 10.0 Å². The van der Waals surface area contributed by atoms with E-state index >= 15 is 0 Å². The molecular formula is C22H41NO4S. The molecule has 0 aromatic rings. The lowest BCUT2D eigenvalue weighted by atomic mass is 9.96. The molecule has 28 heavy (non-hydrogen) atoms. The van der Waals surface area contributed by atoms with Crippen LogP contribution in [0.25, 0.3) is 0 Å². The highest BCUT2D eigenvalue weighted by molar-refractivity contribution is 7.89. The van der Waals surface area contributed by atoms with E-state index in [0.29, 0.717) is 6.42 Å². The molecule has 1 atom stereocenters. The Morgan fingerprint density at radius 3 is 1.93 bits per heavy atom. The molecule has 0 saturated carbocycles. The lowest BCUT2D eigenvalue weighted by Gasteiger charge is -2.29. The number of hydrogen-bond acceptors (Lipinski definition) is 4. The number of allylic oxidation sites excluding steroid dienone is 1. The number of carbonyl (C=O) groups excluding carboxylic acids is 1. The third kappa shape index (κ3) is 12.6. The summed E-state index contributed by atoms with van der Waals surface area (Å²) in [6.07, 6.45) is 20.4. The standard InChI is InChI=1S/C22H41NO4S/c1-2-3-4-5-6-7-8-9-10-11-15-18-21-20(22(24)27-21)17-14-12-13-16-19-28(23,25)26/h17,21H,2-16,18-19H2,1H3,(H2,23,25,26)/b20-17-. The van der Waals surface area contributed by atoms with Crippen molar-refractivity contribution in [3.05, 3.63) is 11.6 Å². The third-order valence-electron chi connectivity index (χ3n) is 5.40. The van der Waals surface area contributed by atoms with E-state index in [9.17, 15) is 13.2 Å². The maximum Gasteiger partial charge on any atom is 0.338 e. The van der Waals surface area contributed by atoms with Gasteiger partial charge < -0.3 is 4.74 Å². The van der Waals surface area contributed by atoms with Crippen LogP contribution in [0.4, 0.5) is 0 Å². The van der Waals surface area contributed by atoms with Crippen LogP contribution in [0.3, 0.4) is 0 Å². The van der Waals surface area contributed by atoms with E-state index in [4.69, 9.17) is 9.88 Å². The predicted molar refractivity (Wildman–Crippen MR) is 115 cm³/mol. The molecule has 1 saturated heterocycles. The zero-order valence-corrected chi connectivity index (χ0v) is 18.6. The first-order valence-corrected chi connectivity index (χ1v) is 13.1. The number of carbonyl (C=O) groups is 1. The SMILES string of the molecule is CCCCCCCCCCCCCC1OC(=O)/C1=C\CCCCCS(N)(=O)=O. The third-order valence-corrected chi connectivity index (χ3v) is 6.26. The van der Waals surface area contributed by atoms with Gasteiger partial charge in [0, 0.05) is 0 Å². The molecule has 1 fully saturated rings. The molecule has 0 spiro atoms. The number of cyclic esters (lactones) is 1. The number of rotatable bonds is 18. The number of hydrogen-bond donors (Lipinski definition) is 1. The first-order valence-electron chi connectivity index (χ1n) is 11.4. The first-order chi connectivity index (χ1) is 13.4. The molecule has 0 aromatic carbocycles. The van der Waals surface area contributed by atoms with Crippen LogP contribution in [0.15, 0.2) is 11.6 Å². The summed E-state index contributed by atoms with van der Waals surface area (Å²) in [5, 5.41) is 4.98. The monoisotopic (exact) mass is 415 g/mol. The van der Waals surface area contributed by atoms with E-state index in [1.165, 1.54) is 64.2 Å². The summed E-state index contributed by atoms with van der Waals surface area (Å²) in [6.45, 7) is 2.25. The number of ether oxygens (including phenoxy) is 1. The molecular weight excluding hydrogens is 374 g/mol. The maximum atomic E-state index is 11.6. The Hall–Kier alpha value is -0.880. The van der Waals surface area contributed by atoms with Crippen LogP contribution in [0.1, 0.15) is 110 Å². The summed E-state index contributed by atoms with van der Waals surface area (Å²) >= 11 is 0. The van der Waals surface area contributed by atoms with Crippen molar-refractivity contribution < 1.29 is 17.9 Å². The van der Waals surface area contributed by atoms with Gasteiger partial charge in [-0.3, -0.25) is 0 Å². The van der Waals surface area contributed by atoms with Gasteiger partial charge >= 0.3 is 5.97 Å². The molecule has 1 heterocycles. The summed E-state index contributed by atoms with van der Waals surface area (Å²) < 4.78 is 27.0. The van der Waals surface area contributed by atoms with Crippen molar-refractivity contribution in [2.24, 2.45) is 5.14 Å². The van der Waals surface area contributed by atoms with Crippen LogP contribution < -0.4 is 5.14 Å². The van der Waals surface area contributed by atoms with Crippen LogP contribution in [0.2, 0.25) is 0 Å².